The number of hydrogen-bond acceptors (Lipinski definition) is 1. The fourth-order valence-electron chi connectivity index (χ4n) is 2.57. The molecule has 0 spiro atoms. The van der Waals surface area contributed by atoms with Gasteiger partial charge >= 0.3 is 0 Å². The average Bonchev–Trinajstić information content (AvgIpc) is 2.38. The molecule has 92 valence electrons. The maximum absolute atomic E-state index is 13.2. The van der Waals surface area contributed by atoms with Crippen LogP contribution in [0.25, 0.3) is 0 Å². The summed E-state index contributed by atoms with van der Waals surface area (Å²) < 4.78 is 13.2. The Morgan fingerprint density at radius 1 is 1.06 bits per heavy atom. The number of benzene rings is 2. The predicted octanol–water partition coefficient (Wildman–Crippen LogP) is 3.70. The van der Waals surface area contributed by atoms with Gasteiger partial charge in [-0.05, 0) is 54.3 Å². The van der Waals surface area contributed by atoms with E-state index >= 15 is 0 Å². The molecule has 0 saturated heterocycles. The molecular weight excluding hydrogens is 225 g/mol. The first kappa shape index (κ1) is 11.3. The Labute approximate surface area is 107 Å². The van der Waals surface area contributed by atoms with Gasteiger partial charge in [-0.2, -0.15) is 0 Å². The molecular formula is C16H16FN. The van der Waals surface area contributed by atoms with Crippen molar-refractivity contribution in [3.05, 3.63) is 65.0 Å². The van der Waals surface area contributed by atoms with Crippen LogP contribution in [0.2, 0.25) is 0 Å². The normalized spacial score (nSPS) is 14.4. The second-order valence-corrected chi connectivity index (χ2v) is 4.92. The number of nitrogens with zero attached hydrogens (tertiary/aromatic N) is 1. The molecule has 0 bridgehead atoms. The number of halogens is 1. The maximum atomic E-state index is 13.2. The highest BCUT2D eigenvalue weighted by Crippen LogP contribution is 2.25. The number of aryl methyl sites for hydroxylation is 1. The predicted molar refractivity (Wildman–Crippen MR) is 72.3 cm³/mol. The van der Waals surface area contributed by atoms with Crippen LogP contribution < -0.4 is 4.90 Å². The third-order valence-corrected chi connectivity index (χ3v) is 3.55. The molecule has 0 fully saturated rings. The van der Waals surface area contributed by atoms with Crippen molar-refractivity contribution in [2.75, 3.05) is 11.4 Å². The van der Waals surface area contributed by atoms with E-state index in [0.717, 1.165) is 25.1 Å². The van der Waals surface area contributed by atoms with E-state index in [1.807, 2.05) is 6.07 Å². The van der Waals surface area contributed by atoms with Gasteiger partial charge in [0.2, 0.25) is 0 Å². The first-order valence-corrected chi connectivity index (χ1v) is 6.31. The molecule has 0 unspecified atom stereocenters. The molecule has 0 amide bonds. The van der Waals surface area contributed by atoms with E-state index in [4.69, 9.17) is 0 Å². The van der Waals surface area contributed by atoms with Crippen LogP contribution in [0.15, 0.2) is 42.5 Å². The van der Waals surface area contributed by atoms with Gasteiger partial charge in [-0.1, -0.05) is 18.2 Å². The number of anilines is 1. The van der Waals surface area contributed by atoms with Crippen LogP contribution in [0.3, 0.4) is 0 Å². The smallest absolute Gasteiger partial charge is 0.123 e. The van der Waals surface area contributed by atoms with Crippen LogP contribution in [-0.2, 0) is 13.0 Å². The van der Waals surface area contributed by atoms with Gasteiger partial charge in [-0.15, -0.1) is 0 Å². The van der Waals surface area contributed by atoms with Gasteiger partial charge in [0, 0.05) is 18.8 Å². The molecule has 0 atom stereocenters. The van der Waals surface area contributed by atoms with Gasteiger partial charge in [-0.3, -0.25) is 0 Å². The zero-order chi connectivity index (χ0) is 12.5. The molecule has 18 heavy (non-hydrogen) atoms. The van der Waals surface area contributed by atoms with E-state index in [9.17, 15) is 4.39 Å². The molecule has 2 aromatic rings. The Balaban J connectivity index is 1.89. The van der Waals surface area contributed by atoms with Crippen molar-refractivity contribution in [2.45, 2.75) is 19.9 Å². The molecule has 0 aliphatic carbocycles. The summed E-state index contributed by atoms with van der Waals surface area (Å²) in [5.41, 5.74) is 4.92. The van der Waals surface area contributed by atoms with E-state index in [1.54, 1.807) is 12.1 Å². The van der Waals surface area contributed by atoms with Crippen LogP contribution in [-0.4, -0.2) is 6.54 Å². The van der Waals surface area contributed by atoms with Crippen LogP contribution in [0.4, 0.5) is 10.1 Å². The molecule has 0 radical (unpaired) electrons. The lowest BCUT2D eigenvalue weighted by Gasteiger charge is -2.31. The molecule has 2 aromatic carbocycles. The number of fused-ring (bicyclic) bond motifs is 1. The SMILES string of the molecule is Cc1cccc(N2CCc3cc(F)ccc3C2)c1. The van der Waals surface area contributed by atoms with Crippen LogP contribution in [0.1, 0.15) is 16.7 Å². The number of hydrogen-bond donors (Lipinski definition) is 0. The topological polar surface area (TPSA) is 3.24 Å². The fraction of sp³-hybridized carbons (Fsp3) is 0.250. The van der Waals surface area contributed by atoms with Crippen molar-refractivity contribution in [2.24, 2.45) is 0 Å². The third-order valence-electron chi connectivity index (χ3n) is 3.55. The molecule has 2 heteroatoms. The summed E-state index contributed by atoms with van der Waals surface area (Å²) in [4.78, 5) is 2.35. The Morgan fingerprint density at radius 3 is 2.78 bits per heavy atom. The largest absolute Gasteiger partial charge is 0.367 e. The molecule has 1 heterocycles. The van der Waals surface area contributed by atoms with Gasteiger partial charge in [0.15, 0.2) is 0 Å². The highest BCUT2D eigenvalue weighted by molar-refractivity contribution is 5.51. The fourth-order valence-corrected chi connectivity index (χ4v) is 2.57. The van der Waals surface area contributed by atoms with Crippen molar-refractivity contribution >= 4 is 5.69 Å². The monoisotopic (exact) mass is 241 g/mol. The van der Waals surface area contributed by atoms with Crippen molar-refractivity contribution in [1.29, 1.82) is 0 Å². The number of rotatable bonds is 1. The summed E-state index contributed by atoms with van der Waals surface area (Å²) >= 11 is 0. The Morgan fingerprint density at radius 2 is 1.94 bits per heavy atom. The highest BCUT2D eigenvalue weighted by atomic mass is 19.1. The average molecular weight is 241 g/mol. The van der Waals surface area contributed by atoms with E-state index < -0.39 is 0 Å². The molecule has 1 aliphatic rings. The minimum atomic E-state index is -0.127. The van der Waals surface area contributed by atoms with Crippen molar-refractivity contribution in [3.63, 3.8) is 0 Å². The van der Waals surface area contributed by atoms with Gasteiger partial charge in [0.05, 0.1) is 0 Å². The first-order valence-electron chi connectivity index (χ1n) is 6.31. The standard InChI is InChI=1S/C16H16FN/c1-12-3-2-4-16(9-12)18-8-7-13-10-15(17)6-5-14(13)11-18/h2-6,9-10H,7-8,11H2,1H3. The highest BCUT2D eigenvalue weighted by Gasteiger charge is 2.16. The molecule has 0 saturated carbocycles. The summed E-state index contributed by atoms with van der Waals surface area (Å²) in [6, 6.07) is 13.7. The summed E-state index contributed by atoms with van der Waals surface area (Å²) in [5.74, 6) is -0.127. The molecule has 0 N–H and O–H groups in total. The summed E-state index contributed by atoms with van der Waals surface area (Å²) in [5, 5.41) is 0. The van der Waals surface area contributed by atoms with E-state index in [2.05, 4.69) is 36.1 Å². The third kappa shape index (κ3) is 2.10. The molecule has 3 rings (SSSR count). The molecule has 1 nitrogen and oxygen atoms in total. The summed E-state index contributed by atoms with van der Waals surface area (Å²) in [6.45, 7) is 3.94. The second-order valence-electron chi connectivity index (χ2n) is 4.92. The van der Waals surface area contributed by atoms with Crippen LogP contribution >= 0.6 is 0 Å². The van der Waals surface area contributed by atoms with Crippen molar-refractivity contribution < 1.29 is 4.39 Å². The Kier molecular flexibility index (Phi) is 2.78. The summed E-state index contributed by atoms with van der Waals surface area (Å²) in [7, 11) is 0. The van der Waals surface area contributed by atoms with Gasteiger partial charge in [0.1, 0.15) is 5.82 Å². The minimum absolute atomic E-state index is 0.127. The van der Waals surface area contributed by atoms with Gasteiger partial charge < -0.3 is 4.90 Å². The minimum Gasteiger partial charge on any atom is -0.367 e. The lowest BCUT2D eigenvalue weighted by Crippen LogP contribution is -2.30. The van der Waals surface area contributed by atoms with Crippen molar-refractivity contribution in [3.8, 4) is 0 Å². The first-order chi connectivity index (χ1) is 8.72. The van der Waals surface area contributed by atoms with Crippen LogP contribution in [0.5, 0.6) is 0 Å². The van der Waals surface area contributed by atoms with Crippen LogP contribution in [0, 0.1) is 12.7 Å². The second kappa shape index (κ2) is 4.45. The Bertz CT molecular complexity index is 577. The summed E-state index contributed by atoms with van der Waals surface area (Å²) in [6.07, 6.45) is 0.918. The van der Waals surface area contributed by atoms with Crippen molar-refractivity contribution in [1.82, 2.24) is 0 Å². The van der Waals surface area contributed by atoms with Gasteiger partial charge in [-0.25, -0.2) is 4.39 Å². The zero-order valence-electron chi connectivity index (χ0n) is 10.5. The quantitative estimate of drug-likeness (QED) is 0.736. The van der Waals surface area contributed by atoms with E-state index in [1.165, 1.54) is 16.8 Å². The van der Waals surface area contributed by atoms with E-state index in [0.29, 0.717) is 0 Å². The molecule has 0 aromatic heterocycles. The van der Waals surface area contributed by atoms with E-state index in [-0.39, 0.29) is 5.82 Å². The maximum Gasteiger partial charge on any atom is 0.123 e. The molecule has 1 aliphatic heterocycles. The lowest BCUT2D eigenvalue weighted by atomic mass is 9.99. The zero-order valence-corrected chi connectivity index (χ0v) is 10.5. The van der Waals surface area contributed by atoms with Gasteiger partial charge in [0.25, 0.3) is 0 Å². The Hall–Kier alpha value is -1.83. The lowest BCUT2D eigenvalue weighted by molar-refractivity contribution is 0.619.